The molecule has 6 nitrogen and oxygen atoms in total. The van der Waals surface area contributed by atoms with Crippen LogP contribution in [-0.4, -0.2) is 35.9 Å². The first kappa shape index (κ1) is 15.2. The first-order valence-electron chi connectivity index (χ1n) is 7.12. The summed E-state index contributed by atoms with van der Waals surface area (Å²) in [5.41, 5.74) is 11.5. The van der Waals surface area contributed by atoms with E-state index in [-0.39, 0.29) is 25.1 Å². The number of carbonyl (C=O) groups is 2. The molecule has 0 bridgehead atoms. The van der Waals surface area contributed by atoms with Crippen LogP contribution in [0.4, 0.5) is 5.69 Å². The molecule has 4 N–H and O–H groups in total. The summed E-state index contributed by atoms with van der Waals surface area (Å²) in [6.07, 6.45) is 3.97. The Morgan fingerprint density at radius 3 is 2.62 bits per heavy atom. The predicted octanol–water partition coefficient (Wildman–Crippen LogP) is 0.904. The number of carbonyl (C=O) groups excluding carboxylic acids is 2. The number of rotatable bonds is 6. The maximum Gasteiger partial charge on any atom is 0.261 e. The molecule has 0 atom stereocenters. The highest BCUT2D eigenvalue weighted by molar-refractivity contribution is 5.84. The Bertz CT molecular complexity index is 513. The molecule has 1 aromatic carbocycles. The van der Waals surface area contributed by atoms with Gasteiger partial charge in [-0.05, 0) is 25.0 Å². The highest BCUT2D eigenvalue weighted by atomic mass is 16.5. The Kier molecular flexibility index (Phi) is 5.03. The predicted molar refractivity (Wildman–Crippen MR) is 79.5 cm³/mol. The van der Waals surface area contributed by atoms with E-state index in [9.17, 15) is 9.59 Å². The average Bonchev–Trinajstić information content (AvgIpc) is 2.96. The maximum absolute atomic E-state index is 12.3. The molecule has 1 aliphatic rings. The third kappa shape index (κ3) is 4.37. The summed E-state index contributed by atoms with van der Waals surface area (Å²) in [5.74, 6) is -0.184. The lowest BCUT2D eigenvalue weighted by Gasteiger charge is -2.27. The topological polar surface area (TPSA) is 98.7 Å². The van der Waals surface area contributed by atoms with Crippen molar-refractivity contribution in [3.63, 3.8) is 0 Å². The summed E-state index contributed by atoms with van der Waals surface area (Å²) in [5, 5.41) is 0. The summed E-state index contributed by atoms with van der Waals surface area (Å²) >= 11 is 0. The number of amides is 2. The van der Waals surface area contributed by atoms with Crippen LogP contribution in [0.25, 0.3) is 0 Å². The van der Waals surface area contributed by atoms with Gasteiger partial charge in [-0.1, -0.05) is 18.9 Å². The number of benzene rings is 1. The molecular weight excluding hydrogens is 270 g/mol. The highest BCUT2D eigenvalue weighted by Crippen LogP contribution is 2.23. The van der Waals surface area contributed by atoms with Crippen molar-refractivity contribution < 1.29 is 14.3 Å². The largest absolute Gasteiger partial charge is 0.484 e. The number of nitrogen functional groups attached to an aromatic ring is 1. The van der Waals surface area contributed by atoms with Gasteiger partial charge in [0, 0.05) is 17.8 Å². The number of hydrogen-bond donors (Lipinski definition) is 2. The molecule has 21 heavy (non-hydrogen) atoms. The SMILES string of the molecule is NC(=O)CN(C(=O)COc1cccc(N)c1)C1CCCC1. The molecule has 0 unspecified atom stereocenters. The van der Waals surface area contributed by atoms with Crippen molar-refractivity contribution in [2.24, 2.45) is 5.73 Å². The minimum absolute atomic E-state index is 0.0518. The molecule has 0 heterocycles. The molecular formula is C15H21N3O3. The van der Waals surface area contributed by atoms with Gasteiger partial charge in [0.15, 0.2) is 6.61 Å². The average molecular weight is 291 g/mol. The Labute approximate surface area is 124 Å². The van der Waals surface area contributed by atoms with Crippen LogP contribution in [0.15, 0.2) is 24.3 Å². The van der Waals surface area contributed by atoms with E-state index in [1.165, 1.54) is 0 Å². The molecule has 1 aromatic rings. The van der Waals surface area contributed by atoms with Gasteiger partial charge < -0.3 is 21.1 Å². The van der Waals surface area contributed by atoms with Gasteiger partial charge in [0.25, 0.3) is 5.91 Å². The molecule has 114 valence electrons. The fourth-order valence-corrected chi connectivity index (χ4v) is 2.64. The second kappa shape index (κ2) is 6.97. The smallest absolute Gasteiger partial charge is 0.261 e. The van der Waals surface area contributed by atoms with Crippen LogP contribution in [0.3, 0.4) is 0 Å². The lowest BCUT2D eigenvalue weighted by molar-refractivity contribution is -0.139. The van der Waals surface area contributed by atoms with Crippen LogP contribution < -0.4 is 16.2 Å². The van der Waals surface area contributed by atoms with Crippen molar-refractivity contribution in [1.82, 2.24) is 4.90 Å². The van der Waals surface area contributed by atoms with Gasteiger partial charge in [0.2, 0.25) is 5.91 Å². The third-order valence-corrected chi connectivity index (χ3v) is 3.63. The Morgan fingerprint density at radius 2 is 2.00 bits per heavy atom. The van der Waals surface area contributed by atoms with Gasteiger partial charge in [-0.25, -0.2) is 0 Å². The molecule has 0 saturated heterocycles. The summed E-state index contributed by atoms with van der Waals surface area (Å²) in [6, 6.07) is 6.98. The van der Waals surface area contributed by atoms with Crippen molar-refractivity contribution in [1.29, 1.82) is 0 Å². The minimum atomic E-state index is -0.501. The lowest BCUT2D eigenvalue weighted by Crippen LogP contribution is -2.46. The molecule has 0 aliphatic heterocycles. The van der Waals surface area contributed by atoms with Crippen molar-refractivity contribution in [2.45, 2.75) is 31.7 Å². The van der Waals surface area contributed by atoms with E-state index in [1.54, 1.807) is 29.2 Å². The van der Waals surface area contributed by atoms with E-state index in [0.717, 1.165) is 25.7 Å². The Morgan fingerprint density at radius 1 is 1.29 bits per heavy atom. The van der Waals surface area contributed by atoms with Gasteiger partial charge in [0.1, 0.15) is 5.75 Å². The summed E-state index contributed by atoms with van der Waals surface area (Å²) in [6.45, 7) is -0.170. The fraction of sp³-hybridized carbons (Fsp3) is 0.467. The normalized spacial score (nSPS) is 14.9. The van der Waals surface area contributed by atoms with Crippen molar-refractivity contribution in [3.8, 4) is 5.75 Å². The third-order valence-electron chi connectivity index (χ3n) is 3.63. The van der Waals surface area contributed by atoms with Crippen molar-refractivity contribution in [2.75, 3.05) is 18.9 Å². The number of nitrogens with two attached hydrogens (primary N) is 2. The molecule has 2 rings (SSSR count). The zero-order chi connectivity index (χ0) is 15.2. The highest BCUT2D eigenvalue weighted by Gasteiger charge is 2.27. The van der Waals surface area contributed by atoms with Crippen LogP contribution >= 0.6 is 0 Å². The van der Waals surface area contributed by atoms with Gasteiger partial charge in [-0.2, -0.15) is 0 Å². The van der Waals surface area contributed by atoms with E-state index in [1.807, 2.05) is 0 Å². The summed E-state index contributed by atoms with van der Waals surface area (Å²) in [4.78, 5) is 25.0. The van der Waals surface area contributed by atoms with Crippen LogP contribution in [0.2, 0.25) is 0 Å². The molecule has 0 aromatic heterocycles. The first-order valence-corrected chi connectivity index (χ1v) is 7.12. The molecule has 1 saturated carbocycles. The standard InChI is InChI=1S/C15H21N3O3/c16-11-4-3-7-13(8-11)21-10-15(20)18(9-14(17)19)12-5-1-2-6-12/h3-4,7-8,12H,1-2,5-6,9-10,16H2,(H2,17,19). The number of anilines is 1. The van der Waals surface area contributed by atoms with Crippen LogP contribution in [0, 0.1) is 0 Å². The molecule has 2 amide bonds. The fourth-order valence-electron chi connectivity index (χ4n) is 2.64. The number of hydrogen-bond acceptors (Lipinski definition) is 4. The van der Waals surface area contributed by atoms with E-state index in [0.29, 0.717) is 11.4 Å². The summed E-state index contributed by atoms with van der Waals surface area (Å²) < 4.78 is 5.45. The lowest BCUT2D eigenvalue weighted by atomic mass is 10.2. The van der Waals surface area contributed by atoms with Gasteiger partial charge >= 0.3 is 0 Å². The quantitative estimate of drug-likeness (QED) is 0.761. The van der Waals surface area contributed by atoms with Gasteiger partial charge in [-0.3, -0.25) is 9.59 Å². The molecule has 0 radical (unpaired) electrons. The minimum Gasteiger partial charge on any atom is -0.484 e. The van der Waals surface area contributed by atoms with Crippen molar-refractivity contribution in [3.05, 3.63) is 24.3 Å². The maximum atomic E-state index is 12.3. The van der Waals surface area contributed by atoms with Gasteiger partial charge in [-0.15, -0.1) is 0 Å². The van der Waals surface area contributed by atoms with E-state index < -0.39 is 5.91 Å². The van der Waals surface area contributed by atoms with Crippen LogP contribution in [-0.2, 0) is 9.59 Å². The van der Waals surface area contributed by atoms with Gasteiger partial charge in [0.05, 0.1) is 6.54 Å². The van der Waals surface area contributed by atoms with Crippen molar-refractivity contribution >= 4 is 17.5 Å². The zero-order valence-electron chi connectivity index (χ0n) is 12.0. The molecule has 1 aliphatic carbocycles. The van der Waals surface area contributed by atoms with E-state index >= 15 is 0 Å². The van der Waals surface area contributed by atoms with E-state index in [2.05, 4.69) is 0 Å². The molecule has 6 heteroatoms. The monoisotopic (exact) mass is 291 g/mol. The zero-order valence-corrected chi connectivity index (χ0v) is 12.0. The Hall–Kier alpha value is -2.24. The van der Waals surface area contributed by atoms with E-state index in [4.69, 9.17) is 16.2 Å². The number of ether oxygens (including phenoxy) is 1. The number of primary amides is 1. The van der Waals surface area contributed by atoms with Crippen LogP contribution in [0.5, 0.6) is 5.75 Å². The number of nitrogens with zero attached hydrogens (tertiary/aromatic N) is 1. The Balaban J connectivity index is 1.95. The first-order chi connectivity index (χ1) is 10.1. The molecule has 1 fully saturated rings. The van der Waals surface area contributed by atoms with Crippen LogP contribution in [0.1, 0.15) is 25.7 Å². The summed E-state index contributed by atoms with van der Waals surface area (Å²) in [7, 11) is 0. The second-order valence-electron chi connectivity index (χ2n) is 5.29. The second-order valence-corrected chi connectivity index (χ2v) is 5.29. The molecule has 0 spiro atoms.